The molecule has 0 spiro atoms. The van der Waals surface area contributed by atoms with Gasteiger partial charge in [0.15, 0.2) is 5.69 Å². The molecule has 0 atom stereocenters. The largest absolute Gasteiger partial charge is 0.380 e. The molecule has 186 valence electrons. The zero-order valence-electron chi connectivity index (χ0n) is 21.4. The second kappa shape index (κ2) is 11.7. The van der Waals surface area contributed by atoms with Crippen molar-refractivity contribution >= 4 is 28.5 Å². The van der Waals surface area contributed by atoms with Crippen LogP contribution in [0.5, 0.6) is 0 Å². The highest BCUT2D eigenvalue weighted by molar-refractivity contribution is 7.97. The monoisotopic (exact) mass is 507 g/mol. The Morgan fingerprint density at radius 3 is 2.54 bits per heavy atom. The maximum atomic E-state index is 9.84. The van der Waals surface area contributed by atoms with Gasteiger partial charge in [0.25, 0.3) is 0 Å². The van der Waals surface area contributed by atoms with E-state index in [1.165, 1.54) is 11.9 Å². The molecule has 8 heteroatoms. The van der Waals surface area contributed by atoms with E-state index < -0.39 is 0 Å². The molecule has 0 saturated carbocycles. The first kappa shape index (κ1) is 25.9. The molecule has 0 fully saturated rings. The predicted molar refractivity (Wildman–Crippen MR) is 151 cm³/mol. The number of hydrogen-bond donors (Lipinski definition) is 2. The summed E-state index contributed by atoms with van der Waals surface area (Å²) in [6.45, 7) is 8.57. The third-order valence-electron chi connectivity index (χ3n) is 5.79. The third kappa shape index (κ3) is 5.64. The van der Waals surface area contributed by atoms with Gasteiger partial charge in [-0.1, -0.05) is 32.0 Å². The SMILES string of the molecule is CC.Cc1cc(CNc2ccccc2SN)c2cc(-c3ccc(-n4cnc(C)c4)cn3)c(C#N)nc2c1. The summed E-state index contributed by atoms with van der Waals surface area (Å²) in [4.78, 5) is 14.6. The first-order chi connectivity index (χ1) is 18.1. The molecule has 0 bridgehead atoms. The van der Waals surface area contributed by atoms with Crippen LogP contribution in [0.1, 0.15) is 36.4 Å². The predicted octanol–water partition coefficient (Wildman–Crippen LogP) is 6.58. The average Bonchev–Trinajstić information content (AvgIpc) is 3.38. The summed E-state index contributed by atoms with van der Waals surface area (Å²) in [6, 6.07) is 20.2. The Bertz CT molecular complexity index is 1570. The van der Waals surface area contributed by atoms with Crippen molar-refractivity contribution in [1.82, 2.24) is 19.5 Å². The molecule has 2 aromatic carbocycles. The zero-order valence-corrected chi connectivity index (χ0v) is 22.2. The quantitative estimate of drug-likeness (QED) is 0.250. The van der Waals surface area contributed by atoms with Crippen LogP contribution in [0, 0.1) is 25.2 Å². The number of nitrogens with one attached hydrogen (secondary N) is 1. The maximum Gasteiger partial charge on any atom is 0.150 e. The molecule has 5 rings (SSSR count). The van der Waals surface area contributed by atoms with Crippen LogP contribution >= 0.6 is 11.9 Å². The van der Waals surface area contributed by atoms with Crippen molar-refractivity contribution in [1.29, 1.82) is 5.26 Å². The fourth-order valence-corrected chi connectivity index (χ4v) is 4.52. The third-order valence-corrected chi connectivity index (χ3v) is 6.40. The first-order valence-corrected chi connectivity index (χ1v) is 12.9. The van der Waals surface area contributed by atoms with Crippen molar-refractivity contribution in [3.63, 3.8) is 0 Å². The minimum atomic E-state index is 0.352. The van der Waals surface area contributed by atoms with Gasteiger partial charge in [0, 0.05) is 34.3 Å². The molecule has 0 unspecified atom stereocenters. The smallest absolute Gasteiger partial charge is 0.150 e. The number of benzene rings is 2. The molecule has 0 saturated heterocycles. The molecular weight excluding hydrogens is 478 g/mol. The summed E-state index contributed by atoms with van der Waals surface area (Å²) in [6.07, 6.45) is 5.48. The molecule has 5 aromatic rings. The number of aromatic nitrogens is 4. The fraction of sp³-hybridized carbons (Fsp3) is 0.172. The number of fused-ring (bicyclic) bond motifs is 1. The number of nitrogens with two attached hydrogens (primary N) is 1. The highest BCUT2D eigenvalue weighted by Gasteiger charge is 2.14. The Morgan fingerprint density at radius 1 is 1.05 bits per heavy atom. The number of pyridine rings is 2. The minimum absolute atomic E-state index is 0.352. The fourth-order valence-electron chi connectivity index (χ4n) is 4.10. The minimum Gasteiger partial charge on any atom is -0.380 e. The molecule has 7 nitrogen and oxygen atoms in total. The molecule has 0 amide bonds. The highest BCUT2D eigenvalue weighted by atomic mass is 32.2. The lowest BCUT2D eigenvalue weighted by Crippen LogP contribution is -2.04. The molecule has 0 radical (unpaired) electrons. The summed E-state index contributed by atoms with van der Waals surface area (Å²) >= 11 is 1.22. The maximum absolute atomic E-state index is 9.84. The van der Waals surface area contributed by atoms with Gasteiger partial charge >= 0.3 is 0 Å². The van der Waals surface area contributed by atoms with E-state index in [2.05, 4.69) is 27.4 Å². The number of anilines is 1. The molecule has 0 aliphatic heterocycles. The Hall–Kier alpha value is -4.19. The summed E-state index contributed by atoms with van der Waals surface area (Å²) in [7, 11) is 0. The molecular formula is C29H29N7S. The Labute approximate surface area is 221 Å². The van der Waals surface area contributed by atoms with Gasteiger partial charge in [-0.2, -0.15) is 5.26 Å². The van der Waals surface area contributed by atoms with Gasteiger partial charge in [0.05, 0.1) is 35.1 Å². The van der Waals surface area contributed by atoms with E-state index >= 15 is 0 Å². The van der Waals surface area contributed by atoms with Crippen molar-refractivity contribution in [3.05, 3.63) is 95.8 Å². The molecule has 0 aliphatic carbocycles. The van der Waals surface area contributed by atoms with Crippen LogP contribution in [0.4, 0.5) is 5.69 Å². The molecule has 3 heterocycles. The van der Waals surface area contributed by atoms with E-state index in [4.69, 9.17) is 10.1 Å². The van der Waals surface area contributed by atoms with Crippen molar-refractivity contribution in [2.75, 3.05) is 5.32 Å². The summed E-state index contributed by atoms with van der Waals surface area (Å²) in [5, 5.41) is 20.1. The van der Waals surface area contributed by atoms with Crippen molar-refractivity contribution in [3.8, 4) is 23.0 Å². The second-order valence-electron chi connectivity index (χ2n) is 8.28. The van der Waals surface area contributed by atoms with Crippen LogP contribution < -0.4 is 10.5 Å². The number of nitrogens with zero attached hydrogens (tertiary/aromatic N) is 5. The standard InChI is InChI=1S/C27H23N7S.C2H6/c1-17-9-19(13-30-24-5-3-4-6-27(24)35-29)21-11-22(26(12-28)33-25(21)10-17)23-8-7-20(14-31-23)34-15-18(2)32-16-34;1-2/h3-11,14-16,30H,13,29H2,1-2H3;1-2H3. The zero-order chi connectivity index (χ0) is 26.4. The van der Waals surface area contributed by atoms with Crippen LogP contribution in [0.25, 0.3) is 27.8 Å². The topological polar surface area (TPSA) is 105 Å². The average molecular weight is 508 g/mol. The second-order valence-corrected chi connectivity index (χ2v) is 8.95. The summed E-state index contributed by atoms with van der Waals surface area (Å²) < 4.78 is 1.92. The van der Waals surface area contributed by atoms with Crippen LogP contribution in [0.3, 0.4) is 0 Å². The lowest BCUT2D eigenvalue weighted by molar-refractivity contribution is 1.04. The number of nitriles is 1. The number of hydrogen-bond acceptors (Lipinski definition) is 7. The molecule has 0 aliphatic rings. The van der Waals surface area contributed by atoms with Gasteiger partial charge in [-0.05, 0) is 73.3 Å². The number of imidazole rings is 1. The van der Waals surface area contributed by atoms with Crippen LogP contribution in [0.2, 0.25) is 0 Å². The van der Waals surface area contributed by atoms with Crippen LogP contribution in [0.15, 0.2) is 78.2 Å². The van der Waals surface area contributed by atoms with Gasteiger partial charge in [-0.25, -0.2) is 9.97 Å². The van der Waals surface area contributed by atoms with Crippen LogP contribution in [-0.2, 0) is 6.54 Å². The Balaban J connectivity index is 0.00000156. The van der Waals surface area contributed by atoms with Gasteiger partial charge in [-0.3, -0.25) is 10.1 Å². The van der Waals surface area contributed by atoms with E-state index in [-0.39, 0.29) is 0 Å². The van der Waals surface area contributed by atoms with Gasteiger partial charge in [0.1, 0.15) is 6.07 Å². The van der Waals surface area contributed by atoms with E-state index in [9.17, 15) is 5.26 Å². The van der Waals surface area contributed by atoms with Gasteiger partial charge in [-0.15, -0.1) is 0 Å². The van der Waals surface area contributed by atoms with E-state index in [1.807, 2.05) is 87.0 Å². The molecule has 37 heavy (non-hydrogen) atoms. The number of aryl methyl sites for hydroxylation is 2. The van der Waals surface area contributed by atoms with E-state index in [0.29, 0.717) is 23.5 Å². The summed E-state index contributed by atoms with van der Waals surface area (Å²) in [5.74, 6) is 0. The van der Waals surface area contributed by atoms with Crippen molar-refractivity contribution < 1.29 is 0 Å². The lowest BCUT2D eigenvalue weighted by Gasteiger charge is -2.14. The lowest BCUT2D eigenvalue weighted by atomic mass is 10.00. The van der Waals surface area contributed by atoms with Crippen molar-refractivity contribution in [2.24, 2.45) is 5.14 Å². The molecule has 3 aromatic heterocycles. The molecule has 3 N–H and O–H groups in total. The number of para-hydroxylation sites is 1. The normalized spacial score (nSPS) is 10.5. The van der Waals surface area contributed by atoms with Crippen LogP contribution in [-0.4, -0.2) is 19.5 Å². The van der Waals surface area contributed by atoms with Crippen molar-refractivity contribution in [2.45, 2.75) is 39.1 Å². The first-order valence-electron chi connectivity index (χ1n) is 12.1. The Kier molecular flexibility index (Phi) is 8.18. The Morgan fingerprint density at radius 2 is 1.86 bits per heavy atom. The van der Waals surface area contributed by atoms with Gasteiger partial charge in [0.2, 0.25) is 0 Å². The van der Waals surface area contributed by atoms with Gasteiger partial charge < -0.3 is 9.88 Å². The number of rotatable bonds is 6. The highest BCUT2D eigenvalue weighted by Crippen LogP contribution is 2.30. The summed E-state index contributed by atoms with van der Waals surface area (Å²) in [5.41, 5.74) is 7.52. The van der Waals surface area contributed by atoms with E-state index in [0.717, 1.165) is 44.0 Å². The van der Waals surface area contributed by atoms with E-state index in [1.54, 1.807) is 12.5 Å².